The van der Waals surface area contributed by atoms with E-state index in [1.165, 1.54) is 6.07 Å². The summed E-state index contributed by atoms with van der Waals surface area (Å²) in [7, 11) is -3.27. The third kappa shape index (κ3) is 2.72. The van der Waals surface area contributed by atoms with Crippen molar-refractivity contribution < 1.29 is 17.6 Å². The molecule has 2 aromatic carbocycles. The Morgan fingerprint density at radius 3 is 2.81 bits per heavy atom. The number of carbonyl (C=O) groups excluding carboxylic acids is 1. The largest absolute Gasteiger partial charge is 0.338 e. The van der Waals surface area contributed by atoms with Gasteiger partial charge < -0.3 is 10.6 Å². The minimum Gasteiger partial charge on any atom is -0.338 e. The van der Waals surface area contributed by atoms with E-state index in [4.69, 9.17) is 0 Å². The molecule has 27 heavy (non-hydrogen) atoms. The Bertz CT molecular complexity index is 1050. The van der Waals surface area contributed by atoms with Crippen LogP contribution in [0.4, 0.5) is 9.18 Å². The highest BCUT2D eigenvalue weighted by Crippen LogP contribution is 2.56. The van der Waals surface area contributed by atoms with Crippen LogP contribution < -0.4 is 10.6 Å². The number of hydrogen-bond donors (Lipinski definition) is 2. The van der Waals surface area contributed by atoms with E-state index < -0.39 is 9.84 Å². The van der Waals surface area contributed by atoms with Crippen LogP contribution in [0.2, 0.25) is 0 Å². The lowest BCUT2D eigenvalue weighted by Crippen LogP contribution is -2.40. The maximum atomic E-state index is 13.3. The van der Waals surface area contributed by atoms with Crippen molar-refractivity contribution in [1.29, 1.82) is 0 Å². The summed E-state index contributed by atoms with van der Waals surface area (Å²) in [6.07, 6.45) is 0.789. The van der Waals surface area contributed by atoms with E-state index in [1.54, 1.807) is 18.2 Å². The van der Waals surface area contributed by atoms with Crippen molar-refractivity contribution >= 4 is 15.9 Å². The predicted molar refractivity (Wildman–Crippen MR) is 97.9 cm³/mol. The molecule has 0 aromatic heterocycles. The number of sulfone groups is 1. The van der Waals surface area contributed by atoms with Gasteiger partial charge in [-0.1, -0.05) is 24.3 Å². The van der Waals surface area contributed by atoms with Gasteiger partial charge in [-0.05, 0) is 47.2 Å². The first kappa shape index (κ1) is 16.7. The zero-order valence-corrected chi connectivity index (χ0v) is 15.3. The van der Waals surface area contributed by atoms with Crippen molar-refractivity contribution in [2.24, 2.45) is 5.92 Å². The van der Waals surface area contributed by atoms with Crippen molar-refractivity contribution in [1.82, 2.24) is 10.6 Å². The summed E-state index contributed by atoms with van der Waals surface area (Å²) in [6.45, 7) is 0.284. The lowest BCUT2D eigenvalue weighted by molar-refractivity contribution is 0.239. The van der Waals surface area contributed by atoms with Crippen molar-refractivity contribution in [3.8, 4) is 0 Å². The smallest absolute Gasteiger partial charge is 0.315 e. The number of nitrogens with one attached hydrogen (secondary N) is 2. The first-order valence-electron chi connectivity index (χ1n) is 9.08. The molecule has 1 fully saturated rings. The molecule has 0 radical (unpaired) electrons. The number of hydrogen-bond acceptors (Lipinski definition) is 3. The SMILES string of the molecule is O=C(NCC1CS(=O)(=O)c2ccccc21)NC1C2Cc3cc(F)ccc3C21. The van der Waals surface area contributed by atoms with Crippen LogP contribution in [0.15, 0.2) is 47.4 Å². The second-order valence-corrected chi connectivity index (χ2v) is 9.64. The molecule has 2 N–H and O–H groups in total. The van der Waals surface area contributed by atoms with E-state index in [-0.39, 0.29) is 42.0 Å². The summed E-state index contributed by atoms with van der Waals surface area (Å²) >= 11 is 0. The molecule has 5 rings (SSSR count). The number of carbonyl (C=O) groups is 1. The van der Waals surface area contributed by atoms with Gasteiger partial charge in [0.25, 0.3) is 0 Å². The summed E-state index contributed by atoms with van der Waals surface area (Å²) in [5.41, 5.74) is 2.94. The van der Waals surface area contributed by atoms with Crippen LogP contribution in [-0.2, 0) is 16.3 Å². The second kappa shape index (κ2) is 5.79. The van der Waals surface area contributed by atoms with E-state index in [0.717, 1.165) is 23.1 Å². The van der Waals surface area contributed by atoms with E-state index >= 15 is 0 Å². The number of rotatable bonds is 3. The van der Waals surface area contributed by atoms with Gasteiger partial charge in [0.05, 0.1) is 10.6 Å². The molecule has 0 bridgehead atoms. The number of urea groups is 1. The Balaban J connectivity index is 1.20. The minimum absolute atomic E-state index is 0.0280. The van der Waals surface area contributed by atoms with Gasteiger partial charge in [-0.25, -0.2) is 17.6 Å². The first-order chi connectivity index (χ1) is 12.9. The van der Waals surface area contributed by atoms with Crippen LogP contribution in [0, 0.1) is 11.7 Å². The molecular formula is C20H19FN2O3S. The normalized spacial score (nSPS) is 28.8. The molecule has 3 aliphatic rings. The highest BCUT2D eigenvalue weighted by Gasteiger charge is 2.56. The lowest BCUT2D eigenvalue weighted by atomic mass is 10.0. The molecule has 5 nitrogen and oxygen atoms in total. The molecule has 0 saturated heterocycles. The van der Waals surface area contributed by atoms with Gasteiger partial charge in [0.15, 0.2) is 9.84 Å². The Morgan fingerprint density at radius 1 is 1.15 bits per heavy atom. The van der Waals surface area contributed by atoms with E-state index in [0.29, 0.717) is 10.8 Å². The maximum absolute atomic E-state index is 13.3. The Kier molecular flexibility index (Phi) is 3.59. The van der Waals surface area contributed by atoms with E-state index in [9.17, 15) is 17.6 Å². The Morgan fingerprint density at radius 2 is 1.96 bits per heavy atom. The molecule has 7 heteroatoms. The summed E-state index contributed by atoms with van der Waals surface area (Å²) in [6, 6.07) is 11.6. The minimum atomic E-state index is -3.27. The molecule has 1 saturated carbocycles. The highest BCUT2D eigenvalue weighted by atomic mass is 32.2. The van der Waals surface area contributed by atoms with E-state index in [1.807, 2.05) is 18.2 Å². The number of benzene rings is 2. The van der Waals surface area contributed by atoms with Crippen molar-refractivity contribution in [3.63, 3.8) is 0 Å². The van der Waals surface area contributed by atoms with E-state index in [2.05, 4.69) is 10.6 Å². The maximum Gasteiger partial charge on any atom is 0.315 e. The van der Waals surface area contributed by atoms with Crippen molar-refractivity contribution in [3.05, 3.63) is 65.0 Å². The van der Waals surface area contributed by atoms with Crippen LogP contribution in [0.1, 0.15) is 28.5 Å². The third-order valence-electron chi connectivity index (χ3n) is 6.01. The predicted octanol–water partition coefficient (Wildman–Crippen LogP) is 2.33. The number of halogens is 1. The Labute approximate surface area is 156 Å². The molecule has 2 aromatic rings. The summed E-state index contributed by atoms with van der Waals surface area (Å²) in [4.78, 5) is 12.7. The van der Waals surface area contributed by atoms with Gasteiger partial charge in [0.2, 0.25) is 0 Å². The van der Waals surface area contributed by atoms with Gasteiger partial charge in [-0.2, -0.15) is 0 Å². The van der Waals surface area contributed by atoms with Crippen LogP contribution in [0.25, 0.3) is 0 Å². The first-order valence-corrected chi connectivity index (χ1v) is 10.7. The van der Waals surface area contributed by atoms with Gasteiger partial charge in [0, 0.05) is 24.4 Å². The van der Waals surface area contributed by atoms with Crippen molar-refractivity contribution in [2.45, 2.75) is 29.2 Å². The fourth-order valence-corrected chi connectivity index (χ4v) is 6.60. The van der Waals surface area contributed by atoms with Gasteiger partial charge in [0.1, 0.15) is 5.82 Å². The molecule has 1 aliphatic heterocycles. The third-order valence-corrected chi connectivity index (χ3v) is 7.89. The summed E-state index contributed by atoms with van der Waals surface area (Å²) < 4.78 is 37.7. The zero-order chi connectivity index (χ0) is 18.8. The fourth-order valence-electron chi connectivity index (χ4n) is 4.71. The van der Waals surface area contributed by atoms with Crippen LogP contribution >= 0.6 is 0 Å². The monoisotopic (exact) mass is 386 g/mol. The Hall–Kier alpha value is -2.41. The van der Waals surface area contributed by atoms with Crippen LogP contribution in [0.5, 0.6) is 0 Å². The average Bonchev–Trinajstić information content (AvgIpc) is 3.03. The quantitative estimate of drug-likeness (QED) is 0.850. The summed E-state index contributed by atoms with van der Waals surface area (Å²) in [5.74, 6) is 0.183. The number of amides is 2. The molecular weight excluding hydrogens is 367 g/mol. The zero-order valence-electron chi connectivity index (χ0n) is 14.5. The lowest BCUT2D eigenvalue weighted by Gasteiger charge is -2.14. The standard InChI is InChI=1S/C20H19FN2O3S/c21-13-5-6-15-11(7-13)8-16-18(15)19(16)23-20(24)22-9-12-10-27(25,26)17-4-2-1-3-14(12)17/h1-7,12,16,18-19H,8-10H2,(H2,22,23,24). The molecule has 1 heterocycles. The highest BCUT2D eigenvalue weighted by molar-refractivity contribution is 7.91. The number of fused-ring (bicyclic) bond motifs is 4. The topological polar surface area (TPSA) is 75.3 Å². The van der Waals surface area contributed by atoms with Gasteiger partial charge >= 0.3 is 6.03 Å². The molecule has 4 unspecified atom stereocenters. The molecule has 2 aliphatic carbocycles. The molecule has 0 spiro atoms. The van der Waals surface area contributed by atoms with Gasteiger partial charge in [-0.15, -0.1) is 0 Å². The second-order valence-electron chi connectivity index (χ2n) is 7.63. The fraction of sp³-hybridized carbons (Fsp3) is 0.350. The van der Waals surface area contributed by atoms with Crippen LogP contribution in [0.3, 0.4) is 0 Å². The molecule has 140 valence electrons. The molecule has 2 amide bonds. The average molecular weight is 386 g/mol. The van der Waals surface area contributed by atoms with Gasteiger partial charge in [-0.3, -0.25) is 0 Å². The molecule has 4 atom stereocenters. The summed E-state index contributed by atoms with van der Waals surface area (Å²) in [5, 5.41) is 5.81. The van der Waals surface area contributed by atoms with Crippen LogP contribution in [-0.4, -0.2) is 32.8 Å². The van der Waals surface area contributed by atoms with Crippen molar-refractivity contribution in [2.75, 3.05) is 12.3 Å².